The Kier molecular flexibility index (Phi) is 16.7. The second kappa shape index (κ2) is 16.8. The molecule has 0 amide bonds. The molecule has 2 N–H and O–H groups in total. The molecular weight excluding hydrogens is 443 g/mol. The van der Waals surface area contributed by atoms with Gasteiger partial charge in [0.2, 0.25) is 0 Å². The molecule has 134 valence electrons. The summed E-state index contributed by atoms with van der Waals surface area (Å²) in [5.41, 5.74) is 0. The molecule has 0 aliphatic rings. The van der Waals surface area contributed by atoms with Crippen LogP contribution in [0.1, 0.15) is 32.6 Å². The Bertz CT molecular complexity index is 391. The summed E-state index contributed by atoms with van der Waals surface area (Å²) in [6, 6.07) is 0. The Hall–Kier alpha value is -0.0600. The number of hydrogen-bond acceptors (Lipinski definition) is 5. The maximum Gasteiger partial charge on any atom is 0.190 e. The Morgan fingerprint density at radius 3 is 2.65 bits per heavy atom. The summed E-state index contributed by atoms with van der Waals surface area (Å²) in [5.74, 6) is 1.94. The van der Waals surface area contributed by atoms with Gasteiger partial charge in [0.05, 0.1) is 0 Å². The number of nitrogens with zero attached hydrogens (tertiary/aromatic N) is 2. The van der Waals surface area contributed by atoms with Gasteiger partial charge >= 0.3 is 0 Å². The third-order valence-electron chi connectivity index (χ3n) is 2.87. The second-order valence-corrected chi connectivity index (χ2v) is 6.98. The van der Waals surface area contributed by atoms with E-state index in [1.165, 1.54) is 6.42 Å². The lowest BCUT2D eigenvalue weighted by atomic mass is 10.4. The highest BCUT2D eigenvalue weighted by molar-refractivity contribution is 14.0. The predicted molar refractivity (Wildman–Crippen MR) is 113 cm³/mol. The van der Waals surface area contributed by atoms with Crippen LogP contribution in [0.2, 0.25) is 0 Å². The van der Waals surface area contributed by atoms with Crippen LogP contribution in [0.4, 0.5) is 0 Å². The molecule has 0 aromatic carbocycles. The number of thioether (sulfide) groups is 1. The maximum atomic E-state index is 5.53. The number of unbranched alkanes of at least 4 members (excludes halogenated alkanes) is 1. The highest BCUT2D eigenvalue weighted by Crippen LogP contribution is 2.20. The van der Waals surface area contributed by atoms with E-state index in [1.54, 1.807) is 18.4 Å². The lowest BCUT2D eigenvalue weighted by Crippen LogP contribution is -2.38. The van der Waals surface area contributed by atoms with Gasteiger partial charge in [0.1, 0.15) is 4.34 Å². The van der Waals surface area contributed by atoms with Crippen LogP contribution in [0.25, 0.3) is 0 Å². The number of rotatable bonds is 12. The van der Waals surface area contributed by atoms with Gasteiger partial charge in [-0.15, -0.1) is 35.3 Å². The molecule has 0 fully saturated rings. The smallest absolute Gasteiger partial charge is 0.190 e. The zero-order chi connectivity index (χ0) is 15.9. The van der Waals surface area contributed by atoms with E-state index in [4.69, 9.17) is 4.74 Å². The summed E-state index contributed by atoms with van der Waals surface area (Å²) >= 11 is 3.50. The van der Waals surface area contributed by atoms with Crippen molar-refractivity contribution in [1.29, 1.82) is 0 Å². The van der Waals surface area contributed by atoms with Crippen LogP contribution in [0.3, 0.4) is 0 Å². The number of thiazole rings is 1. The summed E-state index contributed by atoms with van der Waals surface area (Å²) in [7, 11) is 1.80. The van der Waals surface area contributed by atoms with Gasteiger partial charge in [-0.05, 0) is 19.3 Å². The van der Waals surface area contributed by atoms with Crippen molar-refractivity contribution in [2.24, 2.45) is 4.99 Å². The van der Waals surface area contributed by atoms with Crippen LogP contribution in [0, 0.1) is 0 Å². The molecule has 1 aromatic rings. The monoisotopic (exact) mass is 472 g/mol. The third kappa shape index (κ3) is 13.0. The number of aromatic nitrogens is 1. The van der Waals surface area contributed by atoms with E-state index in [0.29, 0.717) is 0 Å². The zero-order valence-electron chi connectivity index (χ0n) is 14.0. The van der Waals surface area contributed by atoms with Crippen molar-refractivity contribution >= 4 is 53.0 Å². The minimum Gasteiger partial charge on any atom is -0.381 e. The molecule has 0 radical (unpaired) electrons. The van der Waals surface area contributed by atoms with Crippen molar-refractivity contribution in [3.8, 4) is 0 Å². The van der Waals surface area contributed by atoms with Crippen molar-refractivity contribution in [3.05, 3.63) is 11.6 Å². The largest absolute Gasteiger partial charge is 0.381 e. The highest BCUT2D eigenvalue weighted by Gasteiger charge is 1.99. The van der Waals surface area contributed by atoms with E-state index in [0.717, 1.165) is 61.6 Å². The van der Waals surface area contributed by atoms with Crippen LogP contribution in [0.5, 0.6) is 0 Å². The summed E-state index contributed by atoms with van der Waals surface area (Å²) in [5, 5.41) is 8.65. The van der Waals surface area contributed by atoms with Gasteiger partial charge in [0.25, 0.3) is 0 Å². The van der Waals surface area contributed by atoms with Gasteiger partial charge in [0, 0.05) is 50.7 Å². The zero-order valence-corrected chi connectivity index (χ0v) is 18.0. The van der Waals surface area contributed by atoms with Crippen LogP contribution in [0.15, 0.2) is 20.9 Å². The first-order valence-electron chi connectivity index (χ1n) is 7.91. The molecule has 0 atom stereocenters. The van der Waals surface area contributed by atoms with Gasteiger partial charge in [-0.3, -0.25) is 4.99 Å². The third-order valence-corrected chi connectivity index (χ3v) is 4.92. The summed E-state index contributed by atoms with van der Waals surface area (Å²) in [6.07, 6.45) is 6.28. The van der Waals surface area contributed by atoms with Crippen molar-refractivity contribution < 1.29 is 4.74 Å². The fourth-order valence-electron chi connectivity index (χ4n) is 1.67. The van der Waals surface area contributed by atoms with Gasteiger partial charge < -0.3 is 15.4 Å². The molecular formula is C15H29IN4OS2. The fourth-order valence-corrected chi connectivity index (χ4v) is 3.32. The number of guanidine groups is 1. The summed E-state index contributed by atoms with van der Waals surface area (Å²) in [4.78, 5) is 8.47. The molecule has 0 unspecified atom stereocenters. The molecule has 5 nitrogen and oxygen atoms in total. The minimum atomic E-state index is 0. The first-order valence-corrected chi connectivity index (χ1v) is 9.78. The predicted octanol–water partition coefficient (Wildman–Crippen LogP) is 3.62. The van der Waals surface area contributed by atoms with E-state index in [9.17, 15) is 0 Å². The molecule has 0 aliphatic heterocycles. The SMILES string of the molecule is CCCCOCCCNC(=NC)NCCCSc1nccs1.I. The minimum absolute atomic E-state index is 0. The lowest BCUT2D eigenvalue weighted by molar-refractivity contribution is 0.129. The average Bonchev–Trinajstić information content (AvgIpc) is 3.05. The molecule has 0 saturated carbocycles. The van der Waals surface area contributed by atoms with Gasteiger partial charge in [-0.2, -0.15) is 0 Å². The number of hydrogen-bond donors (Lipinski definition) is 2. The molecule has 1 aromatic heterocycles. The molecule has 1 heterocycles. The van der Waals surface area contributed by atoms with E-state index in [2.05, 4.69) is 27.5 Å². The Morgan fingerprint density at radius 1 is 1.26 bits per heavy atom. The molecule has 0 aliphatic carbocycles. The quantitative estimate of drug-likeness (QED) is 0.160. The van der Waals surface area contributed by atoms with Gasteiger partial charge in [-0.25, -0.2) is 4.98 Å². The summed E-state index contributed by atoms with van der Waals surface area (Å²) in [6.45, 7) is 5.68. The molecule has 8 heteroatoms. The van der Waals surface area contributed by atoms with Crippen LogP contribution in [-0.4, -0.2) is 50.0 Å². The number of ether oxygens (including phenoxy) is 1. The first kappa shape index (κ1) is 22.9. The Morgan fingerprint density at radius 2 is 2.00 bits per heavy atom. The fraction of sp³-hybridized carbons (Fsp3) is 0.733. The Labute approximate surface area is 165 Å². The average molecular weight is 472 g/mol. The van der Waals surface area contributed by atoms with E-state index < -0.39 is 0 Å². The number of nitrogens with one attached hydrogen (secondary N) is 2. The summed E-state index contributed by atoms with van der Waals surface area (Å²) < 4.78 is 6.67. The van der Waals surface area contributed by atoms with E-state index in [-0.39, 0.29) is 24.0 Å². The molecule has 0 spiro atoms. The molecule has 0 saturated heterocycles. The standard InChI is InChI=1S/C15H28N4OS2.HI/c1-3-4-10-20-11-5-7-17-14(16-2)18-8-6-12-21-15-19-9-13-22-15;/h9,13H,3-8,10-12H2,1-2H3,(H2,16,17,18);1H. The Balaban J connectivity index is 0.00000484. The topological polar surface area (TPSA) is 58.5 Å². The molecule has 0 bridgehead atoms. The van der Waals surface area contributed by atoms with E-state index in [1.807, 2.05) is 23.3 Å². The number of aliphatic imine (C=N–C) groups is 1. The van der Waals surface area contributed by atoms with Crippen molar-refractivity contribution in [3.63, 3.8) is 0 Å². The normalized spacial score (nSPS) is 11.1. The molecule has 23 heavy (non-hydrogen) atoms. The van der Waals surface area contributed by atoms with Crippen LogP contribution >= 0.6 is 47.1 Å². The van der Waals surface area contributed by atoms with Crippen LogP contribution < -0.4 is 10.6 Å². The van der Waals surface area contributed by atoms with Crippen molar-refractivity contribution in [2.75, 3.05) is 39.1 Å². The lowest BCUT2D eigenvalue weighted by Gasteiger charge is -2.11. The number of halogens is 1. The van der Waals surface area contributed by atoms with Crippen molar-refractivity contribution in [2.45, 2.75) is 36.9 Å². The van der Waals surface area contributed by atoms with E-state index >= 15 is 0 Å². The van der Waals surface area contributed by atoms with Gasteiger partial charge in [-0.1, -0.05) is 25.1 Å². The van der Waals surface area contributed by atoms with Gasteiger partial charge in [0.15, 0.2) is 5.96 Å². The second-order valence-electron chi connectivity index (χ2n) is 4.75. The maximum absolute atomic E-state index is 5.53. The molecule has 1 rings (SSSR count). The first-order chi connectivity index (χ1) is 10.9. The van der Waals surface area contributed by atoms with Crippen molar-refractivity contribution in [1.82, 2.24) is 15.6 Å². The highest BCUT2D eigenvalue weighted by atomic mass is 127. The van der Waals surface area contributed by atoms with Crippen LogP contribution in [-0.2, 0) is 4.74 Å².